The molecule has 0 unspecified atom stereocenters. The molecule has 4 aromatic carbocycles. The van der Waals surface area contributed by atoms with Crippen LogP contribution in [0.2, 0.25) is 0 Å². The van der Waals surface area contributed by atoms with E-state index in [0.29, 0.717) is 34.0 Å². The lowest BCUT2D eigenvalue weighted by molar-refractivity contribution is 0.474. The third-order valence-corrected chi connectivity index (χ3v) is 5.05. The number of phenolic OH excluding ortho intramolecular Hbond substituents is 1. The topological polar surface area (TPSA) is 72.3 Å². The maximum Gasteiger partial charge on any atom is 0.231 e. The molecule has 0 aliphatic rings. The number of aromatic hydroxyl groups is 1. The van der Waals surface area contributed by atoms with E-state index < -0.39 is 0 Å². The second-order valence-corrected chi connectivity index (χ2v) is 6.85. The van der Waals surface area contributed by atoms with E-state index >= 15 is 0 Å². The van der Waals surface area contributed by atoms with Crippen LogP contribution in [0.15, 0.2) is 87.7 Å². The number of fused-ring (bicyclic) bond motifs is 4. The van der Waals surface area contributed by atoms with Gasteiger partial charge in [0.25, 0.3) is 0 Å². The molecule has 0 saturated heterocycles. The molecule has 138 valence electrons. The summed E-state index contributed by atoms with van der Waals surface area (Å²) in [5, 5.41) is 12.2. The van der Waals surface area contributed by atoms with Crippen LogP contribution in [0.5, 0.6) is 5.75 Å². The number of rotatable bonds is 2. The summed E-state index contributed by atoms with van der Waals surface area (Å²) in [4.78, 5) is 9.35. The van der Waals surface area contributed by atoms with E-state index in [1.54, 1.807) is 18.2 Å². The Balaban J connectivity index is 1.70. The van der Waals surface area contributed by atoms with Gasteiger partial charge in [-0.05, 0) is 35.7 Å². The Morgan fingerprint density at radius 1 is 0.690 bits per heavy atom. The Bertz CT molecular complexity index is 1490. The molecule has 0 aliphatic carbocycles. The monoisotopic (exact) mass is 378 g/mol. The van der Waals surface area contributed by atoms with Gasteiger partial charge in [0.2, 0.25) is 11.8 Å². The highest BCUT2D eigenvalue weighted by atomic mass is 16.4. The zero-order valence-corrected chi connectivity index (χ0v) is 15.2. The van der Waals surface area contributed by atoms with Crippen molar-refractivity contribution in [2.24, 2.45) is 0 Å². The maximum atomic E-state index is 10.3. The Hall–Kier alpha value is -4.12. The van der Waals surface area contributed by atoms with Crippen LogP contribution in [-0.2, 0) is 0 Å². The highest BCUT2D eigenvalue weighted by molar-refractivity contribution is 6.09. The molecule has 29 heavy (non-hydrogen) atoms. The minimum Gasteiger partial charge on any atom is -0.507 e. The van der Waals surface area contributed by atoms with Crippen molar-refractivity contribution in [1.82, 2.24) is 9.97 Å². The van der Waals surface area contributed by atoms with Crippen LogP contribution in [0.25, 0.3) is 55.9 Å². The van der Waals surface area contributed by atoms with Gasteiger partial charge in [-0.1, -0.05) is 48.5 Å². The summed E-state index contributed by atoms with van der Waals surface area (Å²) >= 11 is 0. The largest absolute Gasteiger partial charge is 0.507 e. The van der Waals surface area contributed by atoms with E-state index in [9.17, 15) is 5.11 Å². The van der Waals surface area contributed by atoms with E-state index in [-0.39, 0.29) is 5.75 Å². The fourth-order valence-electron chi connectivity index (χ4n) is 3.66. The molecular weight excluding hydrogens is 364 g/mol. The summed E-state index contributed by atoms with van der Waals surface area (Å²) in [5.41, 5.74) is 4.04. The minimum absolute atomic E-state index is 0.117. The first-order valence-electron chi connectivity index (χ1n) is 9.24. The van der Waals surface area contributed by atoms with Crippen LogP contribution in [0.4, 0.5) is 0 Å². The highest BCUT2D eigenvalue weighted by Gasteiger charge is 2.20. The predicted octanol–water partition coefficient (Wildman–Crippen LogP) is 6.16. The van der Waals surface area contributed by atoms with Gasteiger partial charge in [0.05, 0.1) is 11.1 Å². The molecule has 6 rings (SSSR count). The van der Waals surface area contributed by atoms with Gasteiger partial charge in [0.15, 0.2) is 11.2 Å². The molecule has 5 nitrogen and oxygen atoms in total. The number of nitrogens with zero attached hydrogens (tertiary/aromatic N) is 2. The maximum absolute atomic E-state index is 10.3. The summed E-state index contributed by atoms with van der Waals surface area (Å²) in [6.07, 6.45) is 0. The average molecular weight is 378 g/mol. The molecule has 2 aromatic heterocycles. The predicted molar refractivity (Wildman–Crippen MR) is 112 cm³/mol. The lowest BCUT2D eigenvalue weighted by Gasteiger charge is -2.02. The fraction of sp³-hybridized carbons (Fsp3) is 0. The van der Waals surface area contributed by atoms with Gasteiger partial charge in [-0.3, -0.25) is 0 Å². The molecule has 0 atom stereocenters. The van der Waals surface area contributed by atoms with Crippen molar-refractivity contribution in [3.05, 3.63) is 78.9 Å². The summed E-state index contributed by atoms with van der Waals surface area (Å²) in [7, 11) is 0. The Kier molecular flexibility index (Phi) is 3.25. The number of aromatic nitrogens is 2. The molecule has 0 radical (unpaired) electrons. The van der Waals surface area contributed by atoms with Crippen LogP contribution < -0.4 is 0 Å². The first-order valence-corrected chi connectivity index (χ1v) is 9.24. The smallest absolute Gasteiger partial charge is 0.231 e. The lowest BCUT2D eigenvalue weighted by atomic mass is 10.0. The van der Waals surface area contributed by atoms with Crippen LogP contribution in [-0.4, -0.2) is 15.1 Å². The minimum atomic E-state index is 0.117. The molecule has 0 bridgehead atoms. The number of benzene rings is 4. The third kappa shape index (κ3) is 2.41. The summed E-state index contributed by atoms with van der Waals surface area (Å²) in [5.74, 6) is 0.945. The van der Waals surface area contributed by atoms with Crippen LogP contribution in [0.3, 0.4) is 0 Å². The number of para-hydroxylation sites is 3. The van der Waals surface area contributed by atoms with E-state index in [2.05, 4.69) is 4.98 Å². The van der Waals surface area contributed by atoms with Gasteiger partial charge in [0.1, 0.15) is 16.8 Å². The molecule has 1 N–H and O–H groups in total. The molecule has 0 spiro atoms. The lowest BCUT2D eigenvalue weighted by Crippen LogP contribution is -1.82. The third-order valence-electron chi connectivity index (χ3n) is 5.05. The fourth-order valence-corrected chi connectivity index (χ4v) is 3.66. The molecule has 0 fully saturated rings. The summed E-state index contributed by atoms with van der Waals surface area (Å²) < 4.78 is 12.2. The van der Waals surface area contributed by atoms with Crippen LogP contribution in [0, 0.1) is 0 Å². The van der Waals surface area contributed by atoms with Gasteiger partial charge in [0, 0.05) is 5.39 Å². The van der Waals surface area contributed by atoms with Crippen molar-refractivity contribution in [3.8, 4) is 28.7 Å². The molecule has 6 aromatic rings. The van der Waals surface area contributed by atoms with Crippen LogP contribution in [0.1, 0.15) is 0 Å². The van der Waals surface area contributed by atoms with Crippen molar-refractivity contribution < 1.29 is 13.9 Å². The normalized spacial score (nSPS) is 11.6. The molecular formula is C24H14N2O3. The van der Waals surface area contributed by atoms with Gasteiger partial charge >= 0.3 is 0 Å². The SMILES string of the molecule is Oc1ccccc1-c1nc2c(o1)c(-c1nc3ccccc3o1)cc1ccccc12. The number of phenols is 1. The summed E-state index contributed by atoms with van der Waals surface area (Å²) in [6.45, 7) is 0. The Morgan fingerprint density at radius 3 is 2.34 bits per heavy atom. The Labute approximate surface area is 164 Å². The zero-order chi connectivity index (χ0) is 19.4. The summed E-state index contributed by atoms with van der Waals surface area (Å²) in [6, 6.07) is 24.6. The van der Waals surface area contributed by atoms with Gasteiger partial charge in [-0.15, -0.1) is 0 Å². The first kappa shape index (κ1) is 15.9. The second-order valence-electron chi connectivity index (χ2n) is 6.85. The van der Waals surface area contributed by atoms with E-state index in [0.717, 1.165) is 21.9 Å². The number of oxazole rings is 2. The molecule has 0 aliphatic heterocycles. The molecule has 5 heteroatoms. The van der Waals surface area contributed by atoms with Crippen molar-refractivity contribution in [3.63, 3.8) is 0 Å². The highest BCUT2D eigenvalue weighted by Crippen LogP contribution is 2.39. The molecule has 0 saturated carbocycles. The molecule has 2 heterocycles. The zero-order valence-electron chi connectivity index (χ0n) is 15.2. The Morgan fingerprint density at radius 2 is 1.45 bits per heavy atom. The van der Waals surface area contributed by atoms with Gasteiger partial charge in [-0.2, -0.15) is 0 Å². The second kappa shape index (κ2) is 5.94. The number of hydrogen-bond donors (Lipinski definition) is 1. The van der Waals surface area contributed by atoms with Gasteiger partial charge < -0.3 is 13.9 Å². The number of hydrogen-bond acceptors (Lipinski definition) is 5. The van der Waals surface area contributed by atoms with Gasteiger partial charge in [-0.25, -0.2) is 9.97 Å². The van der Waals surface area contributed by atoms with Crippen molar-refractivity contribution >= 4 is 33.0 Å². The van der Waals surface area contributed by atoms with Crippen LogP contribution >= 0.6 is 0 Å². The standard InChI is InChI=1S/C24H14N2O3/c27-19-11-5-3-9-16(19)23-26-21-15-8-2-1-7-14(15)13-17(22(21)29-23)24-25-18-10-4-6-12-20(18)28-24/h1-13,27H. The van der Waals surface area contributed by atoms with Crippen molar-refractivity contribution in [2.75, 3.05) is 0 Å². The van der Waals surface area contributed by atoms with E-state index in [4.69, 9.17) is 13.8 Å². The average Bonchev–Trinajstić information content (AvgIpc) is 3.38. The molecule has 0 amide bonds. The quantitative estimate of drug-likeness (QED) is 0.390. The van der Waals surface area contributed by atoms with Crippen molar-refractivity contribution in [1.29, 1.82) is 0 Å². The first-order chi connectivity index (χ1) is 14.3. The van der Waals surface area contributed by atoms with Crippen molar-refractivity contribution in [2.45, 2.75) is 0 Å². The van der Waals surface area contributed by atoms with E-state index in [1.165, 1.54) is 0 Å². The van der Waals surface area contributed by atoms with E-state index in [1.807, 2.05) is 60.7 Å².